The molecule has 0 aromatic carbocycles. The zero-order valence-corrected chi connectivity index (χ0v) is 11.3. The Morgan fingerprint density at radius 3 is 2.63 bits per heavy atom. The molecule has 1 heterocycles. The number of ether oxygens (including phenoxy) is 1. The van der Waals surface area contributed by atoms with Crippen LogP contribution in [0.25, 0.3) is 0 Å². The molecule has 0 radical (unpaired) electrons. The van der Waals surface area contributed by atoms with E-state index in [2.05, 4.69) is 4.74 Å². The zero-order chi connectivity index (χ0) is 14.4. The van der Waals surface area contributed by atoms with E-state index in [-0.39, 0.29) is 25.0 Å². The van der Waals surface area contributed by atoms with Gasteiger partial charge in [0.25, 0.3) is 0 Å². The first kappa shape index (κ1) is 15.3. The van der Waals surface area contributed by atoms with Gasteiger partial charge in [-0.25, -0.2) is 4.79 Å². The predicted molar refractivity (Wildman–Crippen MR) is 66.6 cm³/mol. The minimum absolute atomic E-state index is 0.0540. The van der Waals surface area contributed by atoms with Crippen LogP contribution in [0.15, 0.2) is 0 Å². The summed E-state index contributed by atoms with van der Waals surface area (Å²) in [5.41, 5.74) is 0. The second kappa shape index (κ2) is 6.96. The first-order valence-electron chi connectivity index (χ1n) is 6.33. The van der Waals surface area contributed by atoms with Gasteiger partial charge in [-0.05, 0) is 19.8 Å². The number of esters is 1. The lowest BCUT2D eigenvalue weighted by Crippen LogP contribution is -2.47. The van der Waals surface area contributed by atoms with Crippen molar-refractivity contribution in [1.82, 2.24) is 9.80 Å². The van der Waals surface area contributed by atoms with Crippen LogP contribution in [0.1, 0.15) is 26.2 Å². The molecular formula is C12H20N2O5. The zero-order valence-electron chi connectivity index (χ0n) is 11.3. The molecule has 1 aliphatic heterocycles. The highest BCUT2D eigenvalue weighted by molar-refractivity contribution is 5.81. The number of likely N-dealkylation sites (tertiary alicyclic amines) is 1. The molecule has 0 aliphatic carbocycles. The van der Waals surface area contributed by atoms with Gasteiger partial charge in [-0.3, -0.25) is 9.59 Å². The Kier molecular flexibility index (Phi) is 5.59. The van der Waals surface area contributed by atoms with Crippen molar-refractivity contribution in [3.05, 3.63) is 0 Å². The Labute approximate surface area is 112 Å². The number of methoxy groups -OCH3 is 1. The largest absolute Gasteiger partial charge is 0.481 e. The third-order valence-electron chi connectivity index (χ3n) is 3.23. The van der Waals surface area contributed by atoms with E-state index >= 15 is 0 Å². The van der Waals surface area contributed by atoms with Crippen LogP contribution in [0, 0.1) is 0 Å². The maximum atomic E-state index is 12.3. The summed E-state index contributed by atoms with van der Waals surface area (Å²) in [5, 5.41) is 8.83. The Bertz CT molecular complexity index is 358. The van der Waals surface area contributed by atoms with Crippen LogP contribution in [0.4, 0.5) is 4.79 Å². The van der Waals surface area contributed by atoms with Crippen molar-refractivity contribution in [3.8, 4) is 0 Å². The van der Waals surface area contributed by atoms with Crippen molar-refractivity contribution in [2.45, 2.75) is 32.2 Å². The van der Waals surface area contributed by atoms with Gasteiger partial charge in [0.2, 0.25) is 0 Å². The third kappa shape index (κ3) is 4.11. The molecule has 1 unspecified atom stereocenters. The summed E-state index contributed by atoms with van der Waals surface area (Å²) in [6.45, 7) is 2.57. The Balaban J connectivity index is 2.67. The van der Waals surface area contributed by atoms with Gasteiger partial charge in [-0.1, -0.05) is 0 Å². The van der Waals surface area contributed by atoms with Gasteiger partial charge in [0.05, 0.1) is 13.5 Å². The molecule has 1 fully saturated rings. The maximum absolute atomic E-state index is 12.3. The second-order valence-corrected chi connectivity index (χ2v) is 4.46. The minimum atomic E-state index is -0.916. The van der Waals surface area contributed by atoms with E-state index in [1.165, 1.54) is 12.0 Å². The number of carboxylic acids is 1. The highest BCUT2D eigenvalue weighted by atomic mass is 16.5. The average Bonchev–Trinajstić information content (AvgIpc) is 2.81. The van der Waals surface area contributed by atoms with Gasteiger partial charge in [0, 0.05) is 19.1 Å². The van der Waals surface area contributed by atoms with Crippen LogP contribution in [-0.4, -0.2) is 65.7 Å². The van der Waals surface area contributed by atoms with Gasteiger partial charge in [0.1, 0.15) is 6.54 Å². The summed E-state index contributed by atoms with van der Waals surface area (Å²) >= 11 is 0. The predicted octanol–water partition coefficient (Wildman–Crippen LogP) is 0.540. The number of rotatable bonds is 5. The number of amides is 2. The quantitative estimate of drug-likeness (QED) is 0.738. The molecule has 1 aliphatic rings. The molecule has 7 heteroatoms. The molecule has 0 bridgehead atoms. The smallest absolute Gasteiger partial charge is 0.325 e. The molecule has 7 nitrogen and oxygen atoms in total. The molecule has 1 rings (SSSR count). The number of hydrogen-bond acceptors (Lipinski definition) is 4. The number of likely N-dealkylation sites (N-methyl/N-ethyl adjacent to an activating group) is 1. The highest BCUT2D eigenvalue weighted by Gasteiger charge is 2.33. The highest BCUT2D eigenvalue weighted by Crippen LogP contribution is 2.21. The minimum Gasteiger partial charge on any atom is -0.481 e. The normalized spacial score (nSPS) is 18.2. The Morgan fingerprint density at radius 1 is 1.42 bits per heavy atom. The number of hydrogen-bond donors (Lipinski definition) is 1. The van der Waals surface area contributed by atoms with Crippen molar-refractivity contribution in [2.24, 2.45) is 0 Å². The third-order valence-corrected chi connectivity index (χ3v) is 3.23. The van der Waals surface area contributed by atoms with E-state index in [0.717, 1.165) is 6.42 Å². The van der Waals surface area contributed by atoms with E-state index in [0.29, 0.717) is 19.5 Å². The molecule has 108 valence electrons. The van der Waals surface area contributed by atoms with E-state index < -0.39 is 11.9 Å². The van der Waals surface area contributed by atoms with Crippen LogP contribution in [0.5, 0.6) is 0 Å². The van der Waals surface area contributed by atoms with Crippen molar-refractivity contribution in [1.29, 1.82) is 0 Å². The number of carboxylic acid groups (broad SMARTS) is 1. The van der Waals surface area contributed by atoms with Crippen LogP contribution in [-0.2, 0) is 14.3 Å². The fourth-order valence-corrected chi connectivity index (χ4v) is 2.22. The molecule has 19 heavy (non-hydrogen) atoms. The molecule has 0 spiro atoms. The van der Waals surface area contributed by atoms with Gasteiger partial charge in [-0.2, -0.15) is 0 Å². The van der Waals surface area contributed by atoms with Crippen molar-refractivity contribution >= 4 is 18.0 Å². The van der Waals surface area contributed by atoms with E-state index in [4.69, 9.17) is 5.11 Å². The fraction of sp³-hybridized carbons (Fsp3) is 0.750. The van der Waals surface area contributed by atoms with Gasteiger partial charge >= 0.3 is 18.0 Å². The lowest BCUT2D eigenvalue weighted by atomic mass is 10.1. The second-order valence-electron chi connectivity index (χ2n) is 4.46. The van der Waals surface area contributed by atoms with Crippen molar-refractivity contribution < 1.29 is 24.2 Å². The van der Waals surface area contributed by atoms with Gasteiger partial charge < -0.3 is 19.6 Å². The topological polar surface area (TPSA) is 87.2 Å². The molecule has 0 aromatic heterocycles. The van der Waals surface area contributed by atoms with E-state index in [1.54, 1.807) is 11.8 Å². The van der Waals surface area contributed by atoms with E-state index in [9.17, 15) is 14.4 Å². The SMILES string of the molecule is CCN(CC(=O)OC)C(=O)N1CCCC1CC(=O)O. The summed E-state index contributed by atoms with van der Waals surface area (Å²) in [5.74, 6) is -1.40. The molecule has 2 amide bonds. The van der Waals surface area contributed by atoms with Gasteiger partial charge in [0.15, 0.2) is 0 Å². The summed E-state index contributed by atoms with van der Waals surface area (Å²) in [7, 11) is 1.27. The van der Waals surface area contributed by atoms with Crippen molar-refractivity contribution in [3.63, 3.8) is 0 Å². The molecule has 0 aromatic rings. The monoisotopic (exact) mass is 272 g/mol. The Hall–Kier alpha value is -1.79. The lowest BCUT2D eigenvalue weighted by Gasteiger charge is -2.30. The molecule has 1 saturated heterocycles. The first-order valence-corrected chi connectivity index (χ1v) is 6.33. The number of nitrogens with zero attached hydrogens (tertiary/aromatic N) is 2. The number of urea groups is 1. The Morgan fingerprint density at radius 2 is 2.11 bits per heavy atom. The van der Waals surface area contributed by atoms with Crippen LogP contribution in [0.3, 0.4) is 0 Å². The first-order chi connectivity index (χ1) is 8.99. The van der Waals surface area contributed by atoms with Crippen molar-refractivity contribution in [2.75, 3.05) is 26.7 Å². The molecule has 1 N–H and O–H groups in total. The number of carbonyl (C=O) groups is 3. The molecule has 0 saturated carbocycles. The summed E-state index contributed by atoms with van der Waals surface area (Å²) in [6.07, 6.45) is 1.43. The summed E-state index contributed by atoms with van der Waals surface area (Å²) in [4.78, 5) is 37.2. The standard InChI is InChI=1S/C12H20N2O5/c1-3-13(8-11(17)19-2)12(18)14-6-4-5-9(14)7-10(15)16/h9H,3-8H2,1-2H3,(H,15,16). The number of carbonyl (C=O) groups excluding carboxylic acids is 2. The summed E-state index contributed by atoms with van der Waals surface area (Å²) in [6, 6.07) is -0.576. The number of aliphatic carboxylic acids is 1. The van der Waals surface area contributed by atoms with Gasteiger partial charge in [-0.15, -0.1) is 0 Å². The van der Waals surface area contributed by atoms with E-state index in [1.807, 2.05) is 0 Å². The van der Waals surface area contributed by atoms with Crippen LogP contribution >= 0.6 is 0 Å². The van der Waals surface area contributed by atoms with Crippen LogP contribution in [0.2, 0.25) is 0 Å². The fourth-order valence-electron chi connectivity index (χ4n) is 2.22. The molecule has 1 atom stereocenters. The summed E-state index contributed by atoms with van der Waals surface area (Å²) < 4.78 is 4.54. The maximum Gasteiger partial charge on any atom is 0.325 e. The lowest BCUT2D eigenvalue weighted by molar-refractivity contribution is -0.141. The molecular weight excluding hydrogens is 252 g/mol. The van der Waals surface area contributed by atoms with Crippen LogP contribution < -0.4 is 0 Å². The average molecular weight is 272 g/mol.